The van der Waals surface area contributed by atoms with Gasteiger partial charge in [-0.15, -0.1) is 11.3 Å². The number of hydrogen-bond donors (Lipinski definition) is 1. The largest absolute Gasteiger partial charge is 0.250 e. The zero-order valence-electron chi connectivity index (χ0n) is 9.06. The van der Waals surface area contributed by atoms with Gasteiger partial charge in [0.1, 0.15) is 10.0 Å². The van der Waals surface area contributed by atoms with Crippen molar-refractivity contribution in [2.24, 2.45) is 0 Å². The van der Waals surface area contributed by atoms with Crippen LogP contribution in [0.1, 0.15) is 5.56 Å². The molecule has 1 aromatic carbocycles. The molecule has 0 unspecified atom stereocenters. The molecule has 0 saturated carbocycles. The molecule has 0 atom stereocenters. The van der Waals surface area contributed by atoms with Crippen LogP contribution in [-0.2, 0) is 16.6 Å². The Kier molecular flexibility index (Phi) is 4.16. The van der Waals surface area contributed by atoms with Gasteiger partial charge in [-0.2, -0.15) is 0 Å². The molecule has 0 radical (unpaired) electrons. The monoisotopic (exact) mass is 349 g/mol. The number of nitrogens with one attached hydrogen (secondary N) is 1. The molecule has 3 nitrogen and oxygen atoms in total. The van der Waals surface area contributed by atoms with E-state index in [1.165, 1.54) is 18.2 Å². The van der Waals surface area contributed by atoms with Gasteiger partial charge in [0.05, 0.1) is 3.79 Å². The number of halogens is 2. The maximum atomic E-state index is 12.7. The van der Waals surface area contributed by atoms with Crippen molar-refractivity contribution in [2.45, 2.75) is 10.8 Å². The molecule has 2 rings (SSSR count). The molecule has 0 fully saturated rings. The Hall–Kier alpha value is -0.760. The van der Waals surface area contributed by atoms with E-state index in [0.717, 1.165) is 15.1 Å². The van der Waals surface area contributed by atoms with E-state index in [1.807, 2.05) is 0 Å². The molecule has 2 aromatic rings. The summed E-state index contributed by atoms with van der Waals surface area (Å²) in [5.74, 6) is -0.344. The van der Waals surface area contributed by atoms with E-state index < -0.39 is 10.0 Å². The molecule has 1 aromatic heterocycles. The van der Waals surface area contributed by atoms with Crippen molar-refractivity contribution in [1.82, 2.24) is 4.72 Å². The summed E-state index contributed by atoms with van der Waals surface area (Å²) >= 11 is 4.35. The topological polar surface area (TPSA) is 46.2 Å². The molecule has 0 amide bonds. The van der Waals surface area contributed by atoms with Crippen molar-refractivity contribution in [3.8, 4) is 0 Å². The van der Waals surface area contributed by atoms with Crippen LogP contribution in [0, 0.1) is 5.82 Å². The third-order valence-electron chi connectivity index (χ3n) is 2.19. The number of hydrogen-bond acceptors (Lipinski definition) is 3. The summed E-state index contributed by atoms with van der Waals surface area (Å²) in [6.07, 6.45) is 0. The highest BCUT2D eigenvalue weighted by Gasteiger charge is 2.15. The van der Waals surface area contributed by atoms with Crippen LogP contribution in [0.15, 0.2) is 44.4 Å². The van der Waals surface area contributed by atoms with E-state index in [4.69, 9.17) is 0 Å². The fourth-order valence-electron chi connectivity index (χ4n) is 1.29. The SMILES string of the molecule is O=S(=O)(NCc1ccc(F)cc1)c1ccc(Br)s1. The number of rotatable bonds is 4. The molecule has 1 heterocycles. The van der Waals surface area contributed by atoms with Crippen LogP contribution in [0.5, 0.6) is 0 Å². The van der Waals surface area contributed by atoms with Gasteiger partial charge in [0, 0.05) is 6.54 Å². The molecular weight excluding hydrogens is 341 g/mol. The van der Waals surface area contributed by atoms with E-state index >= 15 is 0 Å². The lowest BCUT2D eigenvalue weighted by Gasteiger charge is -2.04. The predicted molar refractivity (Wildman–Crippen MR) is 72.4 cm³/mol. The zero-order valence-corrected chi connectivity index (χ0v) is 12.3. The normalized spacial score (nSPS) is 11.7. The molecule has 7 heteroatoms. The molecule has 0 bridgehead atoms. The molecule has 18 heavy (non-hydrogen) atoms. The van der Waals surface area contributed by atoms with E-state index in [-0.39, 0.29) is 16.6 Å². The second kappa shape index (κ2) is 5.48. The molecule has 1 N–H and O–H groups in total. The van der Waals surface area contributed by atoms with Gasteiger partial charge in [-0.25, -0.2) is 17.5 Å². The van der Waals surface area contributed by atoms with Gasteiger partial charge < -0.3 is 0 Å². The van der Waals surface area contributed by atoms with E-state index in [9.17, 15) is 12.8 Å². The quantitative estimate of drug-likeness (QED) is 0.921. The minimum atomic E-state index is -3.50. The molecule has 0 aliphatic rings. The summed E-state index contributed by atoms with van der Waals surface area (Å²) in [5.41, 5.74) is 0.704. The second-order valence-corrected chi connectivity index (χ2v) is 7.97. The minimum Gasteiger partial charge on any atom is -0.207 e. The first kappa shape index (κ1) is 13.7. The Morgan fingerprint density at radius 3 is 2.39 bits per heavy atom. The number of thiophene rings is 1. The number of sulfonamides is 1. The summed E-state index contributed by atoms with van der Waals surface area (Å²) in [6.45, 7) is 0.137. The Morgan fingerprint density at radius 2 is 1.83 bits per heavy atom. The van der Waals surface area contributed by atoms with Gasteiger partial charge >= 0.3 is 0 Å². The van der Waals surface area contributed by atoms with E-state index in [1.54, 1.807) is 18.2 Å². The maximum Gasteiger partial charge on any atom is 0.250 e. The van der Waals surface area contributed by atoms with Gasteiger partial charge in [-0.1, -0.05) is 12.1 Å². The molecule has 0 aliphatic carbocycles. The van der Waals surface area contributed by atoms with Crippen LogP contribution in [0.3, 0.4) is 0 Å². The second-order valence-electron chi connectivity index (χ2n) is 3.51. The van der Waals surface area contributed by atoms with Crippen LogP contribution >= 0.6 is 27.3 Å². The van der Waals surface area contributed by atoms with E-state index in [2.05, 4.69) is 20.7 Å². The number of benzene rings is 1. The predicted octanol–water partition coefficient (Wildman–Crippen LogP) is 3.13. The molecule has 0 aliphatic heterocycles. The summed E-state index contributed by atoms with van der Waals surface area (Å²) in [7, 11) is -3.50. The summed E-state index contributed by atoms with van der Waals surface area (Å²) in [5, 5.41) is 0. The van der Waals surface area contributed by atoms with Crippen LogP contribution in [0.2, 0.25) is 0 Å². The Labute approximate surface area is 117 Å². The standard InChI is InChI=1S/C11H9BrFNO2S2/c12-10-5-6-11(17-10)18(15,16)14-7-8-1-3-9(13)4-2-8/h1-6,14H,7H2. The summed E-state index contributed by atoms with van der Waals surface area (Å²) < 4.78 is 39.9. The van der Waals surface area contributed by atoms with Crippen LogP contribution in [0.25, 0.3) is 0 Å². The zero-order chi connectivity index (χ0) is 13.2. The Morgan fingerprint density at radius 1 is 1.17 bits per heavy atom. The first-order valence-corrected chi connectivity index (χ1v) is 8.06. The third kappa shape index (κ3) is 3.38. The third-order valence-corrected chi connectivity index (χ3v) is 5.71. The van der Waals surface area contributed by atoms with Crippen molar-refractivity contribution in [3.05, 3.63) is 51.6 Å². The van der Waals surface area contributed by atoms with Gasteiger partial charge in [0.15, 0.2) is 0 Å². The van der Waals surface area contributed by atoms with Gasteiger partial charge in [-0.3, -0.25) is 0 Å². The first-order chi connectivity index (χ1) is 8.47. The molecule has 96 valence electrons. The van der Waals surface area contributed by atoms with Crippen molar-refractivity contribution >= 4 is 37.3 Å². The first-order valence-electron chi connectivity index (χ1n) is 4.97. The average Bonchev–Trinajstić information content (AvgIpc) is 2.76. The van der Waals surface area contributed by atoms with Gasteiger partial charge in [0.2, 0.25) is 10.0 Å². The van der Waals surface area contributed by atoms with Crippen LogP contribution < -0.4 is 4.72 Å². The van der Waals surface area contributed by atoms with Gasteiger partial charge in [-0.05, 0) is 45.8 Å². The maximum absolute atomic E-state index is 12.7. The highest BCUT2D eigenvalue weighted by Crippen LogP contribution is 2.25. The fourth-order valence-corrected chi connectivity index (χ4v) is 4.37. The van der Waals surface area contributed by atoms with Crippen LogP contribution in [0.4, 0.5) is 4.39 Å². The smallest absolute Gasteiger partial charge is 0.207 e. The lowest BCUT2D eigenvalue weighted by Crippen LogP contribution is -2.22. The fraction of sp³-hybridized carbons (Fsp3) is 0.0909. The molecule has 0 saturated heterocycles. The van der Waals surface area contributed by atoms with Gasteiger partial charge in [0.25, 0.3) is 0 Å². The Balaban J connectivity index is 2.08. The van der Waals surface area contributed by atoms with Crippen LogP contribution in [-0.4, -0.2) is 8.42 Å². The van der Waals surface area contributed by atoms with Crippen molar-refractivity contribution in [3.63, 3.8) is 0 Å². The average molecular weight is 350 g/mol. The van der Waals surface area contributed by atoms with Crippen molar-refractivity contribution in [1.29, 1.82) is 0 Å². The van der Waals surface area contributed by atoms with Crippen molar-refractivity contribution < 1.29 is 12.8 Å². The van der Waals surface area contributed by atoms with E-state index in [0.29, 0.717) is 5.56 Å². The lowest BCUT2D eigenvalue weighted by atomic mass is 10.2. The molecular formula is C11H9BrFNO2S2. The lowest BCUT2D eigenvalue weighted by molar-refractivity contribution is 0.583. The highest BCUT2D eigenvalue weighted by atomic mass is 79.9. The Bertz CT molecular complexity index is 637. The highest BCUT2D eigenvalue weighted by molar-refractivity contribution is 9.11. The molecule has 0 spiro atoms. The van der Waals surface area contributed by atoms with Crippen molar-refractivity contribution in [2.75, 3.05) is 0 Å². The summed E-state index contributed by atoms with van der Waals surface area (Å²) in [4.78, 5) is 0. The minimum absolute atomic E-state index is 0.137. The summed E-state index contributed by atoms with van der Waals surface area (Å²) in [6, 6.07) is 8.89.